The summed E-state index contributed by atoms with van der Waals surface area (Å²) in [6.07, 6.45) is 4.89. The van der Waals surface area contributed by atoms with Gasteiger partial charge in [0.1, 0.15) is 16.2 Å². The predicted molar refractivity (Wildman–Crippen MR) is 93.5 cm³/mol. The molecule has 3 rings (SSSR count). The quantitative estimate of drug-likeness (QED) is 0.768. The van der Waals surface area contributed by atoms with Gasteiger partial charge in [0.25, 0.3) is 0 Å². The highest BCUT2D eigenvalue weighted by Crippen LogP contribution is 2.34. The van der Waals surface area contributed by atoms with Crippen molar-refractivity contribution in [3.05, 3.63) is 42.2 Å². The van der Waals surface area contributed by atoms with Gasteiger partial charge in [0.2, 0.25) is 9.84 Å². The molecule has 1 aromatic carbocycles. The average Bonchev–Trinajstić information content (AvgIpc) is 2.85. The Morgan fingerprint density at radius 2 is 1.79 bits per heavy atom. The van der Waals surface area contributed by atoms with E-state index < -0.39 is 9.84 Å². The van der Waals surface area contributed by atoms with Crippen LogP contribution in [0.3, 0.4) is 0 Å². The van der Waals surface area contributed by atoms with Crippen molar-refractivity contribution < 1.29 is 8.42 Å². The summed E-state index contributed by atoms with van der Waals surface area (Å²) in [5.74, 6) is 0.199. The molecule has 2 N–H and O–H groups in total. The van der Waals surface area contributed by atoms with Gasteiger partial charge in [-0.3, -0.25) is 0 Å². The molecule has 2 heterocycles. The van der Waals surface area contributed by atoms with Gasteiger partial charge in [-0.1, -0.05) is 31.0 Å². The molecule has 0 aliphatic rings. The van der Waals surface area contributed by atoms with Gasteiger partial charge in [0.15, 0.2) is 5.65 Å². The second-order valence-electron chi connectivity index (χ2n) is 5.76. The molecule has 0 aliphatic heterocycles. The third-order valence-corrected chi connectivity index (χ3v) is 5.84. The molecular weight excluding hydrogens is 324 g/mol. The molecule has 0 saturated heterocycles. The van der Waals surface area contributed by atoms with E-state index in [1.54, 1.807) is 35.0 Å². The largest absolute Gasteiger partial charge is 0.384 e. The highest BCUT2D eigenvalue weighted by Gasteiger charge is 2.29. The van der Waals surface area contributed by atoms with Crippen LogP contribution in [0.2, 0.25) is 0 Å². The van der Waals surface area contributed by atoms with Crippen LogP contribution in [-0.2, 0) is 16.4 Å². The van der Waals surface area contributed by atoms with E-state index >= 15 is 0 Å². The molecule has 0 amide bonds. The second kappa shape index (κ2) is 6.24. The fourth-order valence-electron chi connectivity index (χ4n) is 2.69. The standard InChI is InChI=1S/C17H20N4O2S/c1-3-4-11-21-16(18)15(14-17(21)20-10-9-19-14)24(22,23)13-7-5-12(2)6-8-13/h5-10H,3-4,11,18H2,1-2H3. The Labute approximate surface area is 141 Å². The van der Waals surface area contributed by atoms with Crippen molar-refractivity contribution in [3.63, 3.8) is 0 Å². The van der Waals surface area contributed by atoms with Crippen molar-refractivity contribution in [2.45, 2.75) is 43.0 Å². The highest BCUT2D eigenvalue weighted by molar-refractivity contribution is 7.92. The normalized spacial score (nSPS) is 11.9. The SMILES string of the molecule is CCCCn1c(N)c(S(=O)(=O)c2ccc(C)cc2)c2nccnc21. The minimum absolute atomic E-state index is 0.0468. The van der Waals surface area contributed by atoms with E-state index in [2.05, 4.69) is 16.9 Å². The van der Waals surface area contributed by atoms with Crippen LogP contribution in [0, 0.1) is 6.92 Å². The van der Waals surface area contributed by atoms with E-state index in [1.165, 1.54) is 6.20 Å². The molecule has 2 aromatic heterocycles. The molecule has 0 saturated carbocycles. The van der Waals surface area contributed by atoms with Crippen LogP contribution < -0.4 is 5.73 Å². The number of nitrogens with zero attached hydrogens (tertiary/aromatic N) is 3. The van der Waals surface area contributed by atoms with Gasteiger partial charge in [0.05, 0.1) is 4.90 Å². The number of rotatable bonds is 5. The van der Waals surface area contributed by atoms with Crippen molar-refractivity contribution in [1.82, 2.24) is 14.5 Å². The molecule has 0 unspecified atom stereocenters. The Hall–Kier alpha value is -2.41. The van der Waals surface area contributed by atoms with Gasteiger partial charge in [0, 0.05) is 18.9 Å². The summed E-state index contributed by atoms with van der Waals surface area (Å²) in [6, 6.07) is 6.72. The van der Waals surface area contributed by atoms with Crippen LogP contribution >= 0.6 is 0 Å². The molecule has 0 atom stereocenters. The molecule has 7 heteroatoms. The van der Waals surface area contributed by atoms with Crippen molar-refractivity contribution in [3.8, 4) is 0 Å². The Kier molecular flexibility index (Phi) is 4.28. The summed E-state index contributed by atoms with van der Waals surface area (Å²) in [7, 11) is -3.77. The van der Waals surface area contributed by atoms with E-state index in [1.807, 2.05) is 6.92 Å². The van der Waals surface area contributed by atoms with Gasteiger partial charge < -0.3 is 10.3 Å². The summed E-state index contributed by atoms with van der Waals surface area (Å²) in [4.78, 5) is 8.79. The summed E-state index contributed by atoms with van der Waals surface area (Å²) < 4.78 is 28.0. The fourth-order valence-corrected chi connectivity index (χ4v) is 4.20. The van der Waals surface area contributed by atoms with Gasteiger partial charge in [-0.05, 0) is 25.5 Å². The van der Waals surface area contributed by atoms with E-state index in [-0.39, 0.29) is 15.6 Å². The molecule has 0 spiro atoms. The Balaban J connectivity index is 2.25. The number of anilines is 1. The molecule has 0 aliphatic carbocycles. The maximum absolute atomic E-state index is 13.1. The Morgan fingerprint density at radius 3 is 2.46 bits per heavy atom. The minimum Gasteiger partial charge on any atom is -0.384 e. The smallest absolute Gasteiger partial charge is 0.212 e. The van der Waals surface area contributed by atoms with Crippen molar-refractivity contribution >= 4 is 26.8 Å². The molecule has 126 valence electrons. The second-order valence-corrected chi connectivity index (χ2v) is 7.65. The van der Waals surface area contributed by atoms with E-state index in [0.717, 1.165) is 18.4 Å². The number of hydrogen-bond acceptors (Lipinski definition) is 5. The lowest BCUT2D eigenvalue weighted by Crippen LogP contribution is -2.08. The average molecular weight is 344 g/mol. The van der Waals surface area contributed by atoms with Crippen LogP contribution in [-0.4, -0.2) is 23.0 Å². The summed E-state index contributed by atoms with van der Waals surface area (Å²) in [5, 5.41) is 0. The number of hydrogen-bond donors (Lipinski definition) is 1. The lowest BCUT2D eigenvalue weighted by atomic mass is 10.2. The zero-order chi connectivity index (χ0) is 17.3. The number of fused-ring (bicyclic) bond motifs is 1. The first-order chi connectivity index (χ1) is 11.5. The number of nitrogen functional groups attached to an aromatic ring is 1. The first-order valence-electron chi connectivity index (χ1n) is 7.87. The van der Waals surface area contributed by atoms with E-state index in [0.29, 0.717) is 17.7 Å². The number of nitrogens with two attached hydrogens (primary N) is 1. The van der Waals surface area contributed by atoms with Crippen LogP contribution in [0.15, 0.2) is 46.5 Å². The monoisotopic (exact) mass is 344 g/mol. The fraction of sp³-hybridized carbons (Fsp3) is 0.294. The summed E-state index contributed by atoms with van der Waals surface area (Å²) in [5.41, 5.74) is 8.04. The van der Waals surface area contributed by atoms with Gasteiger partial charge in [-0.2, -0.15) is 0 Å². The predicted octanol–water partition coefficient (Wildman–Crippen LogP) is 2.95. The molecule has 24 heavy (non-hydrogen) atoms. The molecule has 3 aromatic rings. The van der Waals surface area contributed by atoms with Crippen molar-refractivity contribution in [2.75, 3.05) is 5.73 Å². The number of benzene rings is 1. The first kappa shape index (κ1) is 16.4. The third-order valence-electron chi connectivity index (χ3n) is 4.01. The summed E-state index contributed by atoms with van der Waals surface area (Å²) in [6.45, 7) is 4.59. The topological polar surface area (TPSA) is 90.9 Å². The van der Waals surface area contributed by atoms with Crippen molar-refractivity contribution in [2.24, 2.45) is 0 Å². The number of unbranched alkanes of at least 4 members (excludes halogenated alkanes) is 1. The lowest BCUT2D eigenvalue weighted by Gasteiger charge is -2.07. The Bertz CT molecular complexity index is 976. The van der Waals surface area contributed by atoms with Crippen LogP contribution in [0.4, 0.5) is 5.82 Å². The van der Waals surface area contributed by atoms with E-state index in [4.69, 9.17) is 5.73 Å². The molecule has 0 radical (unpaired) electrons. The minimum atomic E-state index is -3.77. The maximum Gasteiger partial charge on any atom is 0.212 e. The van der Waals surface area contributed by atoms with Gasteiger partial charge in [-0.25, -0.2) is 18.4 Å². The van der Waals surface area contributed by atoms with Crippen LogP contribution in [0.5, 0.6) is 0 Å². The maximum atomic E-state index is 13.1. The van der Waals surface area contributed by atoms with E-state index in [9.17, 15) is 8.42 Å². The molecular formula is C17H20N4O2S. The number of aryl methyl sites for hydroxylation is 2. The van der Waals surface area contributed by atoms with Gasteiger partial charge >= 0.3 is 0 Å². The lowest BCUT2D eigenvalue weighted by molar-refractivity contribution is 0.596. The molecule has 0 bridgehead atoms. The zero-order valence-corrected chi connectivity index (χ0v) is 14.5. The first-order valence-corrected chi connectivity index (χ1v) is 9.35. The zero-order valence-electron chi connectivity index (χ0n) is 13.7. The molecule has 6 nitrogen and oxygen atoms in total. The van der Waals surface area contributed by atoms with Crippen molar-refractivity contribution in [1.29, 1.82) is 0 Å². The number of sulfone groups is 1. The highest BCUT2D eigenvalue weighted by atomic mass is 32.2. The summed E-state index contributed by atoms with van der Waals surface area (Å²) >= 11 is 0. The number of aromatic nitrogens is 3. The van der Waals surface area contributed by atoms with Crippen LogP contribution in [0.25, 0.3) is 11.2 Å². The third kappa shape index (κ3) is 2.65. The van der Waals surface area contributed by atoms with Gasteiger partial charge in [-0.15, -0.1) is 0 Å². The molecule has 0 fully saturated rings. The Morgan fingerprint density at radius 1 is 1.12 bits per heavy atom. The van der Waals surface area contributed by atoms with Crippen LogP contribution in [0.1, 0.15) is 25.3 Å².